The molecule has 0 saturated heterocycles. The van der Waals surface area contributed by atoms with Gasteiger partial charge in [-0.15, -0.1) is 0 Å². The highest BCUT2D eigenvalue weighted by atomic mass is 19.2. The van der Waals surface area contributed by atoms with Gasteiger partial charge in [0.2, 0.25) is 0 Å². The molecule has 0 aliphatic rings. The molecule has 1 N–H and O–H groups in total. The van der Waals surface area contributed by atoms with E-state index in [1.165, 1.54) is 6.07 Å². The molecule has 0 amide bonds. The fraction of sp³-hybridized carbons (Fsp3) is 0. The quantitative estimate of drug-likeness (QED) is 0.557. The van der Waals surface area contributed by atoms with E-state index in [0.717, 1.165) is 18.2 Å². The zero-order valence-corrected chi connectivity index (χ0v) is 10.4. The molecule has 0 saturated carbocycles. The van der Waals surface area contributed by atoms with Gasteiger partial charge in [0, 0.05) is 22.6 Å². The molecule has 2 nitrogen and oxygen atoms in total. The van der Waals surface area contributed by atoms with Crippen LogP contribution in [0.4, 0.5) is 17.6 Å². The van der Waals surface area contributed by atoms with Crippen LogP contribution in [0, 0.1) is 23.3 Å². The first-order valence-electron chi connectivity index (χ1n) is 5.92. The highest BCUT2D eigenvalue weighted by Gasteiger charge is 2.18. The maximum absolute atomic E-state index is 13.7. The Hall–Kier alpha value is -2.63. The number of hydrogen-bond donors (Lipinski definition) is 1. The molecule has 0 spiro atoms. The van der Waals surface area contributed by atoms with E-state index in [-0.39, 0.29) is 27.7 Å². The minimum Gasteiger partial charge on any atom is -0.351 e. The largest absolute Gasteiger partial charge is 0.351 e. The van der Waals surface area contributed by atoms with Gasteiger partial charge in [-0.05, 0) is 24.3 Å². The number of fused-ring (bicyclic) bond motifs is 1. The number of hydrogen-bond acceptors (Lipinski definition) is 1. The summed E-state index contributed by atoms with van der Waals surface area (Å²) >= 11 is 0. The van der Waals surface area contributed by atoms with E-state index in [1.807, 2.05) is 0 Å². The van der Waals surface area contributed by atoms with Crippen molar-refractivity contribution in [3.63, 3.8) is 0 Å². The maximum atomic E-state index is 13.7. The van der Waals surface area contributed by atoms with Gasteiger partial charge in [0.1, 0.15) is 11.6 Å². The average Bonchev–Trinajstić information content (AvgIpc) is 2.81. The Morgan fingerprint density at radius 3 is 2.24 bits per heavy atom. The molecule has 0 aliphatic carbocycles. The lowest BCUT2D eigenvalue weighted by Crippen LogP contribution is -1.88. The van der Waals surface area contributed by atoms with Crippen molar-refractivity contribution < 1.29 is 22.4 Å². The third-order valence-corrected chi connectivity index (χ3v) is 3.17. The fourth-order valence-electron chi connectivity index (χ4n) is 2.27. The molecule has 3 aromatic rings. The topological polar surface area (TPSA) is 32.9 Å². The summed E-state index contributed by atoms with van der Waals surface area (Å²) in [5.74, 6) is -3.92. The lowest BCUT2D eigenvalue weighted by molar-refractivity contribution is 0.112. The summed E-state index contributed by atoms with van der Waals surface area (Å²) in [4.78, 5) is 13.7. The van der Waals surface area contributed by atoms with E-state index < -0.39 is 23.3 Å². The van der Waals surface area contributed by atoms with Gasteiger partial charge in [-0.1, -0.05) is 0 Å². The number of aromatic amines is 1. The number of aldehydes is 1. The molecule has 3 rings (SSSR count). The van der Waals surface area contributed by atoms with Gasteiger partial charge in [0.05, 0.1) is 11.2 Å². The molecule has 0 unspecified atom stereocenters. The Balaban J connectivity index is 2.37. The summed E-state index contributed by atoms with van der Waals surface area (Å²) in [7, 11) is 0. The van der Waals surface area contributed by atoms with E-state index >= 15 is 0 Å². The van der Waals surface area contributed by atoms with Crippen molar-refractivity contribution in [2.45, 2.75) is 0 Å². The van der Waals surface area contributed by atoms with Crippen molar-refractivity contribution in [3.8, 4) is 11.3 Å². The third kappa shape index (κ3) is 2.08. The zero-order valence-electron chi connectivity index (χ0n) is 10.4. The Labute approximate surface area is 116 Å². The fourth-order valence-corrected chi connectivity index (χ4v) is 2.27. The molecule has 21 heavy (non-hydrogen) atoms. The molecular weight excluding hydrogens is 286 g/mol. The van der Waals surface area contributed by atoms with Crippen LogP contribution in [0.2, 0.25) is 0 Å². The number of H-pyrrole nitrogens is 1. The predicted octanol–water partition coefficient (Wildman–Crippen LogP) is 4.20. The molecule has 106 valence electrons. The number of rotatable bonds is 2. The van der Waals surface area contributed by atoms with Crippen molar-refractivity contribution in [2.24, 2.45) is 0 Å². The number of benzene rings is 2. The molecule has 1 aromatic heterocycles. The highest BCUT2D eigenvalue weighted by Crippen LogP contribution is 2.32. The summed E-state index contributed by atoms with van der Waals surface area (Å²) in [6, 6.07) is 4.78. The van der Waals surface area contributed by atoms with Crippen LogP contribution >= 0.6 is 0 Å². The molecule has 6 heteroatoms. The third-order valence-electron chi connectivity index (χ3n) is 3.17. The smallest absolute Gasteiger partial charge is 0.182 e. The number of nitrogens with one attached hydrogen (secondary N) is 1. The molecule has 1 heterocycles. The summed E-state index contributed by atoms with van der Waals surface area (Å²) in [6.07, 6.45) is 0.425. The average molecular weight is 293 g/mol. The monoisotopic (exact) mass is 293 g/mol. The number of halogens is 4. The molecule has 0 atom stereocenters. The van der Waals surface area contributed by atoms with Crippen LogP contribution < -0.4 is 0 Å². The highest BCUT2D eigenvalue weighted by molar-refractivity contribution is 6.04. The Kier molecular flexibility index (Phi) is 3.01. The summed E-state index contributed by atoms with van der Waals surface area (Å²) < 4.78 is 53.5. The molecule has 0 radical (unpaired) electrons. The van der Waals surface area contributed by atoms with Crippen molar-refractivity contribution in [1.29, 1.82) is 0 Å². The van der Waals surface area contributed by atoms with Crippen LogP contribution in [0.1, 0.15) is 10.4 Å². The van der Waals surface area contributed by atoms with Crippen LogP contribution in [0.3, 0.4) is 0 Å². The van der Waals surface area contributed by atoms with Crippen LogP contribution in [-0.2, 0) is 0 Å². The van der Waals surface area contributed by atoms with E-state index in [2.05, 4.69) is 4.98 Å². The molecule has 0 bridgehead atoms. The Bertz CT molecular complexity index is 849. The van der Waals surface area contributed by atoms with Crippen LogP contribution in [0.15, 0.2) is 30.3 Å². The van der Waals surface area contributed by atoms with Gasteiger partial charge in [-0.3, -0.25) is 4.79 Å². The van der Waals surface area contributed by atoms with Gasteiger partial charge in [0.15, 0.2) is 17.9 Å². The number of carbonyl (C=O) groups excluding carboxylic acids is 1. The molecule has 0 fully saturated rings. The first-order chi connectivity index (χ1) is 10.0. The summed E-state index contributed by atoms with van der Waals surface area (Å²) in [6.45, 7) is 0. The van der Waals surface area contributed by atoms with Gasteiger partial charge in [-0.2, -0.15) is 0 Å². The van der Waals surface area contributed by atoms with Crippen molar-refractivity contribution in [1.82, 2.24) is 4.98 Å². The van der Waals surface area contributed by atoms with Crippen molar-refractivity contribution >= 4 is 17.2 Å². The Morgan fingerprint density at radius 2 is 1.62 bits per heavy atom. The van der Waals surface area contributed by atoms with Gasteiger partial charge < -0.3 is 4.98 Å². The van der Waals surface area contributed by atoms with E-state index in [1.54, 1.807) is 0 Å². The molecule has 0 aliphatic heterocycles. The first-order valence-corrected chi connectivity index (χ1v) is 5.92. The van der Waals surface area contributed by atoms with E-state index in [9.17, 15) is 22.4 Å². The molecular formula is C15H7F4NO. The van der Waals surface area contributed by atoms with Crippen LogP contribution in [0.25, 0.3) is 22.2 Å². The number of carbonyl (C=O) groups is 1. The lowest BCUT2D eigenvalue weighted by atomic mass is 10.1. The van der Waals surface area contributed by atoms with Gasteiger partial charge in [-0.25, -0.2) is 17.6 Å². The second-order valence-corrected chi connectivity index (χ2v) is 4.47. The van der Waals surface area contributed by atoms with Crippen LogP contribution in [-0.4, -0.2) is 11.3 Å². The second kappa shape index (κ2) is 4.73. The first kappa shape index (κ1) is 13.4. The minimum atomic E-state index is -1.15. The van der Waals surface area contributed by atoms with Gasteiger partial charge in [0.25, 0.3) is 0 Å². The SMILES string of the molecule is O=Cc1c(-c2cc(F)cc(F)c2)[nH]c2c(F)c(F)ccc12. The van der Waals surface area contributed by atoms with E-state index in [4.69, 9.17) is 0 Å². The maximum Gasteiger partial charge on any atom is 0.182 e. The molecule has 2 aromatic carbocycles. The standard InChI is InChI=1S/C15H7F4NO/c16-8-3-7(4-9(17)5-8)14-11(6-21)10-1-2-12(18)13(19)15(10)20-14/h1-6,20H. The number of aromatic nitrogens is 1. The van der Waals surface area contributed by atoms with Gasteiger partial charge >= 0.3 is 0 Å². The normalized spacial score (nSPS) is 11.0. The summed E-state index contributed by atoms with van der Waals surface area (Å²) in [5.41, 5.74) is -0.154. The zero-order chi connectivity index (χ0) is 15.1. The van der Waals surface area contributed by atoms with E-state index in [0.29, 0.717) is 12.4 Å². The van der Waals surface area contributed by atoms with Crippen LogP contribution in [0.5, 0.6) is 0 Å². The minimum absolute atomic E-state index is 0.00824. The lowest BCUT2D eigenvalue weighted by Gasteiger charge is -2.01. The Morgan fingerprint density at radius 1 is 0.952 bits per heavy atom. The van der Waals surface area contributed by atoms with Crippen molar-refractivity contribution in [2.75, 3.05) is 0 Å². The predicted molar refractivity (Wildman–Crippen MR) is 69.0 cm³/mol. The van der Waals surface area contributed by atoms with Crippen molar-refractivity contribution in [3.05, 3.63) is 59.2 Å². The summed E-state index contributed by atoms with van der Waals surface area (Å²) in [5, 5.41) is 0.142. The second-order valence-electron chi connectivity index (χ2n) is 4.47.